The highest BCUT2D eigenvalue weighted by Crippen LogP contribution is 2.10. The molecule has 1 fully saturated rings. The first-order valence-corrected chi connectivity index (χ1v) is 7.27. The fraction of sp³-hybridized carbons (Fsp3) is 0.500. The zero-order valence-electron chi connectivity index (χ0n) is 12.6. The van der Waals surface area contributed by atoms with E-state index in [1.54, 1.807) is 6.92 Å². The summed E-state index contributed by atoms with van der Waals surface area (Å²) in [6, 6.07) is 7.48. The number of nitrogens with zero attached hydrogens (tertiary/aromatic N) is 2. The van der Waals surface area contributed by atoms with Gasteiger partial charge in [-0.15, -0.1) is 0 Å². The molecule has 1 aromatic carbocycles. The third kappa shape index (κ3) is 4.04. The molecule has 1 atom stereocenters. The zero-order valence-corrected chi connectivity index (χ0v) is 12.6. The zero-order chi connectivity index (χ0) is 15.4. The van der Waals surface area contributed by atoms with Crippen LogP contribution in [0.25, 0.3) is 0 Å². The molecule has 5 nitrogen and oxygen atoms in total. The molecule has 1 heterocycles. The first kappa shape index (κ1) is 15.5. The van der Waals surface area contributed by atoms with Crippen LogP contribution in [-0.2, 0) is 16.0 Å². The Morgan fingerprint density at radius 3 is 2.48 bits per heavy atom. The van der Waals surface area contributed by atoms with Gasteiger partial charge >= 0.3 is 5.97 Å². The average molecular weight is 290 g/mol. The monoisotopic (exact) mass is 290 g/mol. The number of hydrogen-bond donors (Lipinski definition) is 1. The van der Waals surface area contributed by atoms with E-state index < -0.39 is 12.0 Å². The summed E-state index contributed by atoms with van der Waals surface area (Å²) >= 11 is 0. The lowest BCUT2D eigenvalue weighted by Gasteiger charge is -2.36. The van der Waals surface area contributed by atoms with Gasteiger partial charge in [-0.05, 0) is 19.4 Å². The van der Waals surface area contributed by atoms with Crippen LogP contribution >= 0.6 is 0 Å². The first-order valence-electron chi connectivity index (χ1n) is 7.27. The van der Waals surface area contributed by atoms with Gasteiger partial charge in [-0.3, -0.25) is 14.5 Å². The molecule has 0 bridgehead atoms. The molecule has 0 aromatic heterocycles. The van der Waals surface area contributed by atoms with Crippen LogP contribution in [-0.4, -0.2) is 59.0 Å². The molecule has 0 saturated carbocycles. The summed E-state index contributed by atoms with van der Waals surface area (Å²) < 4.78 is 0. The fourth-order valence-corrected chi connectivity index (χ4v) is 2.62. The molecule has 1 aliphatic rings. The van der Waals surface area contributed by atoms with Crippen molar-refractivity contribution < 1.29 is 14.7 Å². The number of carbonyl (C=O) groups excluding carboxylic acids is 1. The third-order valence-corrected chi connectivity index (χ3v) is 4.01. The molecule has 1 amide bonds. The number of aryl methyl sites for hydroxylation is 1. The minimum atomic E-state index is -0.811. The van der Waals surface area contributed by atoms with Crippen molar-refractivity contribution in [2.24, 2.45) is 0 Å². The molecule has 1 aliphatic heterocycles. The van der Waals surface area contributed by atoms with Crippen molar-refractivity contribution in [2.75, 3.05) is 26.2 Å². The Morgan fingerprint density at radius 2 is 1.90 bits per heavy atom. The molecular weight excluding hydrogens is 268 g/mol. The van der Waals surface area contributed by atoms with Crippen LogP contribution in [0.1, 0.15) is 18.1 Å². The smallest absolute Gasteiger partial charge is 0.320 e. The van der Waals surface area contributed by atoms with Gasteiger partial charge in [-0.1, -0.05) is 29.8 Å². The topological polar surface area (TPSA) is 60.9 Å². The molecular formula is C16H22N2O3. The van der Waals surface area contributed by atoms with E-state index in [-0.39, 0.29) is 5.91 Å². The van der Waals surface area contributed by atoms with Crippen LogP contribution < -0.4 is 0 Å². The van der Waals surface area contributed by atoms with Gasteiger partial charge in [0.05, 0.1) is 6.42 Å². The summed E-state index contributed by atoms with van der Waals surface area (Å²) in [5.41, 5.74) is 2.18. The highest BCUT2D eigenvalue weighted by Gasteiger charge is 2.26. The average Bonchev–Trinajstić information content (AvgIpc) is 2.46. The molecule has 0 aliphatic carbocycles. The number of carboxylic acids is 1. The molecule has 2 rings (SSSR count). The van der Waals surface area contributed by atoms with Crippen LogP contribution in [0, 0.1) is 6.92 Å². The summed E-state index contributed by atoms with van der Waals surface area (Å²) in [4.78, 5) is 27.0. The van der Waals surface area contributed by atoms with Crippen molar-refractivity contribution in [3.05, 3.63) is 35.4 Å². The minimum absolute atomic E-state index is 0.114. The van der Waals surface area contributed by atoms with E-state index in [0.29, 0.717) is 32.6 Å². The van der Waals surface area contributed by atoms with E-state index >= 15 is 0 Å². The molecule has 21 heavy (non-hydrogen) atoms. The minimum Gasteiger partial charge on any atom is -0.480 e. The summed E-state index contributed by atoms with van der Waals surface area (Å²) in [6.07, 6.45) is 0.413. The number of aliphatic carboxylic acids is 1. The summed E-state index contributed by atoms with van der Waals surface area (Å²) in [6.45, 7) is 6.14. The maximum atomic E-state index is 12.3. The number of rotatable bonds is 4. The Kier molecular flexibility index (Phi) is 4.96. The van der Waals surface area contributed by atoms with Gasteiger partial charge in [0, 0.05) is 26.2 Å². The van der Waals surface area contributed by atoms with Crippen LogP contribution in [0.5, 0.6) is 0 Å². The van der Waals surface area contributed by atoms with E-state index in [9.17, 15) is 9.59 Å². The Balaban J connectivity index is 1.87. The van der Waals surface area contributed by atoms with Crippen LogP contribution in [0.4, 0.5) is 0 Å². The van der Waals surface area contributed by atoms with E-state index in [1.165, 1.54) is 0 Å². The summed E-state index contributed by atoms with van der Waals surface area (Å²) in [5.74, 6) is -0.697. The second-order valence-corrected chi connectivity index (χ2v) is 5.60. The van der Waals surface area contributed by atoms with Gasteiger partial charge in [0.15, 0.2) is 0 Å². The van der Waals surface area contributed by atoms with Crippen LogP contribution in [0.15, 0.2) is 24.3 Å². The molecule has 1 unspecified atom stereocenters. The van der Waals surface area contributed by atoms with Gasteiger partial charge in [-0.2, -0.15) is 0 Å². The fourth-order valence-electron chi connectivity index (χ4n) is 2.62. The Morgan fingerprint density at radius 1 is 1.24 bits per heavy atom. The largest absolute Gasteiger partial charge is 0.480 e. The Labute approximate surface area is 125 Å². The van der Waals surface area contributed by atoms with Crippen LogP contribution in [0.3, 0.4) is 0 Å². The van der Waals surface area contributed by atoms with Crippen molar-refractivity contribution in [3.63, 3.8) is 0 Å². The summed E-state index contributed by atoms with van der Waals surface area (Å²) in [5, 5.41) is 9.01. The molecule has 114 valence electrons. The van der Waals surface area contributed by atoms with Gasteiger partial charge in [0.25, 0.3) is 0 Å². The second kappa shape index (κ2) is 6.72. The van der Waals surface area contributed by atoms with Crippen molar-refractivity contribution in [1.29, 1.82) is 0 Å². The lowest BCUT2D eigenvalue weighted by atomic mass is 10.1. The SMILES string of the molecule is Cc1cccc(CC(=O)N2CCN(C(C)C(=O)O)CC2)c1. The predicted octanol–water partition coefficient (Wildman–Crippen LogP) is 1.15. The van der Waals surface area contributed by atoms with Crippen molar-refractivity contribution in [3.8, 4) is 0 Å². The van der Waals surface area contributed by atoms with Gasteiger partial charge < -0.3 is 10.0 Å². The Hall–Kier alpha value is -1.88. The van der Waals surface area contributed by atoms with E-state index in [1.807, 2.05) is 41.0 Å². The van der Waals surface area contributed by atoms with Crippen LogP contribution in [0.2, 0.25) is 0 Å². The number of piperazine rings is 1. The number of benzene rings is 1. The molecule has 1 aromatic rings. The van der Waals surface area contributed by atoms with Crippen molar-refractivity contribution in [1.82, 2.24) is 9.80 Å². The van der Waals surface area contributed by atoms with Gasteiger partial charge in [-0.25, -0.2) is 0 Å². The summed E-state index contributed by atoms with van der Waals surface area (Å²) in [7, 11) is 0. The lowest BCUT2D eigenvalue weighted by molar-refractivity contribution is -0.144. The normalized spacial score (nSPS) is 17.5. The van der Waals surface area contributed by atoms with E-state index in [2.05, 4.69) is 0 Å². The van der Waals surface area contributed by atoms with Crippen molar-refractivity contribution >= 4 is 11.9 Å². The maximum absolute atomic E-state index is 12.3. The third-order valence-electron chi connectivity index (χ3n) is 4.01. The lowest BCUT2D eigenvalue weighted by Crippen LogP contribution is -2.53. The molecule has 0 spiro atoms. The number of carboxylic acid groups (broad SMARTS) is 1. The number of hydrogen-bond acceptors (Lipinski definition) is 3. The predicted molar refractivity (Wildman–Crippen MR) is 80.1 cm³/mol. The first-order chi connectivity index (χ1) is 9.97. The standard InChI is InChI=1S/C16H22N2O3/c1-12-4-3-5-14(10-12)11-15(19)18-8-6-17(7-9-18)13(2)16(20)21/h3-5,10,13H,6-9,11H2,1-2H3,(H,20,21). The van der Waals surface area contributed by atoms with Gasteiger partial charge in [0.2, 0.25) is 5.91 Å². The molecule has 1 N–H and O–H groups in total. The van der Waals surface area contributed by atoms with E-state index in [4.69, 9.17) is 5.11 Å². The van der Waals surface area contributed by atoms with Gasteiger partial charge in [0.1, 0.15) is 6.04 Å². The molecule has 5 heteroatoms. The molecule has 0 radical (unpaired) electrons. The van der Waals surface area contributed by atoms with E-state index in [0.717, 1.165) is 11.1 Å². The highest BCUT2D eigenvalue weighted by atomic mass is 16.4. The van der Waals surface area contributed by atoms with Crippen molar-refractivity contribution in [2.45, 2.75) is 26.3 Å². The quantitative estimate of drug-likeness (QED) is 0.904. The second-order valence-electron chi connectivity index (χ2n) is 5.60. The maximum Gasteiger partial charge on any atom is 0.320 e. The Bertz CT molecular complexity index is 522. The number of amides is 1. The number of carbonyl (C=O) groups is 2. The highest BCUT2D eigenvalue weighted by molar-refractivity contribution is 5.79. The molecule has 1 saturated heterocycles.